The lowest BCUT2D eigenvalue weighted by Gasteiger charge is -2.24. The number of carbonyl (C=O) groups excluding carboxylic acids is 1. The molecule has 128 valence electrons. The monoisotopic (exact) mass is 322 g/mol. The van der Waals surface area contributed by atoms with Crippen LogP contribution in [0, 0.1) is 0 Å². The predicted octanol–water partition coefficient (Wildman–Crippen LogP) is 1.56. The summed E-state index contributed by atoms with van der Waals surface area (Å²) in [5.74, 6) is 1.36. The first kappa shape index (κ1) is 17.6. The fourth-order valence-corrected chi connectivity index (χ4v) is 2.81. The maximum atomic E-state index is 12.6. The number of ether oxygens (including phenoxy) is 3. The summed E-state index contributed by atoms with van der Waals surface area (Å²) in [7, 11) is 3.20. The number of benzene rings is 1. The van der Waals surface area contributed by atoms with Crippen molar-refractivity contribution in [3.05, 3.63) is 23.8 Å². The highest BCUT2D eigenvalue weighted by Gasteiger charge is 2.32. The van der Waals surface area contributed by atoms with Crippen molar-refractivity contribution < 1.29 is 19.0 Å². The maximum absolute atomic E-state index is 12.6. The molecule has 0 unspecified atom stereocenters. The molecule has 6 nitrogen and oxygen atoms in total. The van der Waals surface area contributed by atoms with Gasteiger partial charge in [-0.25, -0.2) is 0 Å². The molecular formula is C17H26N2O4. The Labute approximate surface area is 137 Å². The van der Waals surface area contributed by atoms with Crippen LogP contribution in [-0.4, -0.2) is 50.3 Å². The van der Waals surface area contributed by atoms with E-state index in [9.17, 15) is 4.79 Å². The van der Waals surface area contributed by atoms with Crippen molar-refractivity contribution in [2.24, 2.45) is 5.73 Å². The Kier molecular flexibility index (Phi) is 6.24. The third-order valence-corrected chi connectivity index (χ3v) is 4.16. The second-order valence-electron chi connectivity index (χ2n) is 5.60. The van der Waals surface area contributed by atoms with Crippen LogP contribution in [0.25, 0.3) is 0 Å². The molecule has 2 N–H and O–H groups in total. The average molecular weight is 322 g/mol. The summed E-state index contributed by atoms with van der Waals surface area (Å²) in [6, 6.07) is 5.69. The molecule has 1 fully saturated rings. The number of rotatable bonds is 7. The molecular weight excluding hydrogens is 296 g/mol. The Hall–Kier alpha value is -1.79. The van der Waals surface area contributed by atoms with Crippen molar-refractivity contribution in [2.45, 2.75) is 38.5 Å². The van der Waals surface area contributed by atoms with Crippen LogP contribution in [0.2, 0.25) is 0 Å². The number of nitrogens with zero attached hydrogens (tertiary/aromatic N) is 1. The first-order chi connectivity index (χ1) is 11.1. The Balaban J connectivity index is 2.05. The van der Waals surface area contributed by atoms with Gasteiger partial charge in [0, 0.05) is 19.6 Å². The van der Waals surface area contributed by atoms with Gasteiger partial charge >= 0.3 is 0 Å². The highest BCUT2D eigenvalue weighted by Crippen LogP contribution is 2.28. The number of carbonyl (C=O) groups is 1. The summed E-state index contributed by atoms with van der Waals surface area (Å²) < 4.78 is 16.3. The van der Waals surface area contributed by atoms with Gasteiger partial charge in [-0.2, -0.15) is 0 Å². The van der Waals surface area contributed by atoms with Crippen molar-refractivity contribution in [3.63, 3.8) is 0 Å². The first-order valence-corrected chi connectivity index (χ1v) is 7.98. The van der Waals surface area contributed by atoms with Crippen molar-refractivity contribution in [1.29, 1.82) is 0 Å². The van der Waals surface area contributed by atoms with E-state index < -0.39 is 0 Å². The van der Waals surface area contributed by atoms with Gasteiger partial charge in [-0.3, -0.25) is 4.79 Å². The van der Waals surface area contributed by atoms with Crippen LogP contribution >= 0.6 is 0 Å². The largest absolute Gasteiger partial charge is 0.493 e. The molecule has 0 aromatic heterocycles. The summed E-state index contributed by atoms with van der Waals surface area (Å²) in [5.41, 5.74) is 6.60. The minimum absolute atomic E-state index is 0.00346. The second-order valence-corrected chi connectivity index (χ2v) is 5.60. The molecule has 0 saturated carbocycles. The standard InChI is InChI=1S/C17H26N2O4/c1-4-19(17(20)15-8-6-13(10-18)23-15)11-12-5-7-14(21-2)16(9-12)22-3/h5,7,9,13,15H,4,6,8,10-11,18H2,1-3H3/t13-,15+/m1/s1. The molecule has 23 heavy (non-hydrogen) atoms. The molecule has 2 rings (SSSR count). The van der Waals surface area contributed by atoms with Gasteiger partial charge in [0.15, 0.2) is 11.5 Å². The Morgan fingerprint density at radius 1 is 1.30 bits per heavy atom. The van der Waals surface area contributed by atoms with Gasteiger partial charge in [0.1, 0.15) is 6.10 Å². The lowest BCUT2D eigenvalue weighted by atomic mass is 10.1. The molecule has 0 bridgehead atoms. The van der Waals surface area contributed by atoms with E-state index in [0.717, 1.165) is 18.4 Å². The third kappa shape index (κ3) is 4.14. The number of hydrogen-bond donors (Lipinski definition) is 1. The molecule has 2 atom stereocenters. The van der Waals surface area contributed by atoms with Crippen LogP contribution in [0.1, 0.15) is 25.3 Å². The number of hydrogen-bond acceptors (Lipinski definition) is 5. The van der Waals surface area contributed by atoms with Crippen molar-refractivity contribution in [1.82, 2.24) is 4.90 Å². The van der Waals surface area contributed by atoms with Crippen molar-refractivity contribution in [2.75, 3.05) is 27.3 Å². The first-order valence-electron chi connectivity index (χ1n) is 7.98. The summed E-state index contributed by atoms with van der Waals surface area (Å²) >= 11 is 0. The molecule has 1 saturated heterocycles. The van der Waals surface area contributed by atoms with E-state index in [1.807, 2.05) is 25.1 Å². The third-order valence-electron chi connectivity index (χ3n) is 4.16. The number of methoxy groups -OCH3 is 2. The number of nitrogens with two attached hydrogens (primary N) is 1. The fourth-order valence-electron chi connectivity index (χ4n) is 2.81. The van der Waals surface area contributed by atoms with E-state index in [1.54, 1.807) is 19.1 Å². The normalized spacial score (nSPS) is 20.3. The van der Waals surface area contributed by atoms with E-state index >= 15 is 0 Å². The van der Waals surface area contributed by atoms with Crippen LogP contribution in [0.3, 0.4) is 0 Å². The zero-order valence-corrected chi connectivity index (χ0v) is 14.1. The highest BCUT2D eigenvalue weighted by atomic mass is 16.5. The summed E-state index contributed by atoms with van der Waals surface area (Å²) in [6.07, 6.45) is 1.22. The molecule has 1 aliphatic heterocycles. The van der Waals surface area contributed by atoms with Gasteiger partial charge in [-0.05, 0) is 37.5 Å². The van der Waals surface area contributed by atoms with Crippen LogP contribution in [0.15, 0.2) is 18.2 Å². The van der Waals surface area contributed by atoms with Gasteiger partial charge in [-0.15, -0.1) is 0 Å². The quantitative estimate of drug-likeness (QED) is 0.824. The van der Waals surface area contributed by atoms with Crippen LogP contribution in [0.4, 0.5) is 0 Å². The maximum Gasteiger partial charge on any atom is 0.252 e. The van der Waals surface area contributed by atoms with E-state index in [1.165, 1.54) is 0 Å². The molecule has 0 spiro atoms. The lowest BCUT2D eigenvalue weighted by Crippen LogP contribution is -2.39. The summed E-state index contributed by atoms with van der Waals surface area (Å²) in [5, 5.41) is 0. The summed E-state index contributed by atoms with van der Waals surface area (Å²) in [6.45, 7) is 3.57. The molecule has 0 radical (unpaired) electrons. The van der Waals surface area contributed by atoms with Gasteiger partial charge in [0.25, 0.3) is 5.91 Å². The van der Waals surface area contributed by atoms with E-state index in [0.29, 0.717) is 31.1 Å². The van der Waals surface area contributed by atoms with Crippen molar-refractivity contribution >= 4 is 5.91 Å². The smallest absolute Gasteiger partial charge is 0.252 e. The fraction of sp³-hybridized carbons (Fsp3) is 0.588. The minimum Gasteiger partial charge on any atom is -0.493 e. The Morgan fingerprint density at radius 2 is 2.04 bits per heavy atom. The molecule has 0 aliphatic carbocycles. The zero-order valence-electron chi connectivity index (χ0n) is 14.1. The van der Waals surface area contributed by atoms with Crippen LogP contribution < -0.4 is 15.2 Å². The Bertz CT molecular complexity index is 535. The molecule has 1 aliphatic rings. The van der Waals surface area contributed by atoms with Gasteiger partial charge in [0.2, 0.25) is 0 Å². The molecule has 1 amide bonds. The van der Waals surface area contributed by atoms with Gasteiger partial charge < -0.3 is 24.8 Å². The molecule has 6 heteroatoms. The second kappa shape index (κ2) is 8.17. The van der Waals surface area contributed by atoms with Gasteiger partial charge in [-0.1, -0.05) is 6.07 Å². The predicted molar refractivity (Wildman–Crippen MR) is 87.6 cm³/mol. The molecule has 1 aromatic carbocycles. The average Bonchev–Trinajstić information content (AvgIpc) is 3.07. The van der Waals surface area contributed by atoms with Crippen LogP contribution in [0.5, 0.6) is 11.5 Å². The minimum atomic E-state index is -0.372. The van der Waals surface area contributed by atoms with Crippen LogP contribution in [-0.2, 0) is 16.1 Å². The molecule has 1 aromatic rings. The lowest BCUT2D eigenvalue weighted by molar-refractivity contribution is -0.143. The highest BCUT2D eigenvalue weighted by molar-refractivity contribution is 5.81. The van der Waals surface area contributed by atoms with E-state index in [-0.39, 0.29) is 18.1 Å². The molecule has 1 heterocycles. The number of amides is 1. The van der Waals surface area contributed by atoms with Crippen molar-refractivity contribution in [3.8, 4) is 11.5 Å². The topological polar surface area (TPSA) is 74.0 Å². The number of likely N-dealkylation sites (N-methyl/N-ethyl adjacent to an activating group) is 1. The summed E-state index contributed by atoms with van der Waals surface area (Å²) in [4.78, 5) is 14.4. The SMILES string of the molecule is CCN(Cc1ccc(OC)c(OC)c1)C(=O)[C@@H]1CC[C@H](CN)O1. The Morgan fingerprint density at radius 3 is 2.61 bits per heavy atom. The van der Waals surface area contributed by atoms with E-state index in [4.69, 9.17) is 19.9 Å². The zero-order chi connectivity index (χ0) is 16.8. The van der Waals surface area contributed by atoms with Gasteiger partial charge in [0.05, 0.1) is 20.3 Å². The van der Waals surface area contributed by atoms with E-state index in [2.05, 4.69) is 0 Å².